The molecule has 0 saturated carbocycles. The van der Waals surface area contributed by atoms with Crippen molar-refractivity contribution in [3.8, 4) is 0 Å². The molecule has 1 aliphatic heterocycles. The van der Waals surface area contributed by atoms with Crippen molar-refractivity contribution in [2.45, 2.75) is 25.8 Å². The lowest BCUT2D eigenvalue weighted by atomic mass is 9.97. The van der Waals surface area contributed by atoms with Crippen molar-refractivity contribution >= 4 is 5.91 Å². The van der Waals surface area contributed by atoms with Crippen molar-refractivity contribution < 1.29 is 4.79 Å². The molecule has 2 N–H and O–H groups in total. The quantitative estimate of drug-likeness (QED) is 0.725. The van der Waals surface area contributed by atoms with Gasteiger partial charge in [0.05, 0.1) is 6.04 Å². The van der Waals surface area contributed by atoms with Crippen molar-refractivity contribution in [2.24, 2.45) is 11.7 Å². The van der Waals surface area contributed by atoms with Gasteiger partial charge in [0, 0.05) is 19.6 Å². The molecular weight excluding hydrogens is 190 g/mol. The zero-order chi connectivity index (χ0) is 11.4. The third kappa shape index (κ3) is 3.80. The van der Waals surface area contributed by atoms with Crippen LogP contribution in [0.15, 0.2) is 0 Å². The van der Waals surface area contributed by atoms with Crippen molar-refractivity contribution in [3.05, 3.63) is 0 Å². The number of amides is 1. The van der Waals surface area contributed by atoms with Gasteiger partial charge in [-0.2, -0.15) is 0 Å². The van der Waals surface area contributed by atoms with Crippen LogP contribution in [-0.4, -0.2) is 55.5 Å². The summed E-state index contributed by atoms with van der Waals surface area (Å²) in [6.45, 7) is 4.57. The van der Waals surface area contributed by atoms with Crippen LogP contribution in [0.4, 0.5) is 0 Å². The van der Waals surface area contributed by atoms with E-state index in [1.54, 1.807) is 6.92 Å². The van der Waals surface area contributed by atoms with E-state index in [2.05, 4.69) is 19.0 Å². The molecule has 4 nitrogen and oxygen atoms in total. The first-order valence-corrected chi connectivity index (χ1v) is 5.69. The highest BCUT2D eigenvalue weighted by Gasteiger charge is 2.25. The minimum Gasteiger partial charge on any atom is -0.341 e. The lowest BCUT2D eigenvalue weighted by Crippen LogP contribution is -2.48. The van der Waals surface area contributed by atoms with Gasteiger partial charge in [-0.25, -0.2) is 0 Å². The molecule has 2 atom stereocenters. The number of rotatable bonds is 3. The lowest BCUT2D eigenvalue weighted by molar-refractivity contribution is -0.134. The Bertz CT molecular complexity index is 216. The van der Waals surface area contributed by atoms with Gasteiger partial charge in [-0.15, -0.1) is 0 Å². The topological polar surface area (TPSA) is 49.6 Å². The van der Waals surface area contributed by atoms with Gasteiger partial charge in [0.2, 0.25) is 5.91 Å². The standard InChI is InChI=1S/C11H23N3O/c1-9(12)11(15)14-6-4-5-10(8-14)7-13(2)3/h9-10H,4-8,12H2,1-3H3/t9-,10-/m0/s1. The molecule has 0 unspecified atom stereocenters. The zero-order valence-corrected chi connectivity index (χ0v) is 10.1. The molecule has 1 heterocycles. The first-order chi connectivity index (χ1) is 7.00. The first-order valence-electron chi connectivity index (χ1n) is 5.69. The summed E-state index contributed by atoms with van der Waals surface area (Å²) < 4.78 is 0. The Morgan fingerprint density at radius 3 is 2.80 bits per heavy atom. The fraction of sp³-hybridized carbons (Fsp3) is 0.909. The molecule has 0 bridgehead atoms. The second kappa shape index (κ2) is 5.47. The Hall–Kier alpha value is -0.610. The molecule has 0 radical (unpaired) electrons. The van der Waals surface area contributed by atoms with Gasteiger partial charge in [-0.3, -0.25) is 4.79 Å². The molecule has 0 aromatic carbocycles. The maximum Gasteiger partial charge on any atom is 0.239 e. The van der Waals surface area contributed by atoms with Crippen LogP contribution in [0.2, 0.25) is 0 Å². The summed E-state index contributed by atoms with van der Waals surface area (Å²) in [6, 6.07) is -0.358. The molecule has 0 aromatic heterocycles. The number of hydrogen-bond donors (Lipinski definition) is 1. The van der Waals surface area contributed by atoms with Crippen molar-refractivity contribution in [1.82, 2.24) is 9.80 Å². The highest BCUT2D eigenvalue weighted by atomic mass is 16.2. The zero-order valence-electron chi connectivity index (χ0n) is 10.1. The normalized spacial score (nSPS) is 24.3. The SMILES string of the molecule is C[C@H](N)C(=O)N1CCC[C@@H](CN(C)C)C1. The molecule has 1 aliphatic rings. The van der Waals surface area contributed by atoms with Gasteiger partial charge in [0.15, 0.2) is 0 Å². The fourth-order valence-corrected chi connectivity index (χ4v) is 2.22. The van der Waals surface area contributed by atoms with Gasteiger partial charge in [-0.05, 0) is 39.8 Å². The van der Waals surface area contributed by atoms with Gasteiger partial charge < -0.3 is 15.5 Å². The molecule has 0 spiro atoms. The predicted molar refractivity (Wildman–Crippen MR) is 61.5 cm³/mol. The number of nitrogens with zero attached hydrogens (tertiary/aromatic N) is 2. The van der Waals surface area contributed by atoms with E-state index >= 15 is 0 Å². The summed E-state index contributed by atoms with van der Waals surface area (Å²) in [5, 5.41) is 0. The summed E-state index contributed by atoms with van der Waals surface area (Å²) in [4.78, 5) is 15.8. The summed E-state index contributed by atoms with van der Waals surface area (Å²) in [5.41, 5.74) is 5.61. The Morgan fingerprint density at radius 1 is 1.60 bits per heavy atom. The predicted octanol–water partition coefficient (Wildman–Crippen LogP) is 0.134. The van der Waals surface area contributed by atoms with Crippen LogP contribution < -0.4 is 5.73 Å². The van der Waals surface area contributed by atoms with E-state index in [-0.39, 0.29) is 11.9 Å². The summed E-state index contributed by atoms with van der Waals surface area (Å²) in [7, 11) is 4.15. The Balaban J connectivity index is 2.45. The number of carbonyl (C=O) groups excluding carboxylic acids is 1. The van der Waals surface area contributed by atoms with Gasteiger partial charge >= 0.3 is 0 Å². The average molecular weight is 213 g/mol. The maximum absolute atomic E-state index is 11.7. The van der Waals surface area contributed by atoms with E-state index < -0.39 is 0 Å². The van der Waals surface area contributed by atoms with Crippen LogP contribution in [0, 0.1) is 5.92 Å². The summed E-state index contributed by atoms with van der Waals surface area (Å²) in [6.07, 6.45) is 2.33. The van der Waals surface area contributed by atoms with Crippen LogP contribution in [0.1, 0.15) is 19.8 Å². The molecule has 1 amide bonds. The second-order valence-electron chi connectivity index (χ2n) is 4.84. The monoisotopic (exact) mass is 213 g/mol. The smallest absolute Gasteiger partial charge is 0.239 e. The molecule has 1 fully saturated rings. The Morgan fingerprint density at radius 2 is 2.27 bits per heavy atom. The number of carbonyl (C=O) groups is 1. The third-order valence-corrected chi connectivity index (χ3v) is 2.84. The Labute approximate surface area is 92.4 Å². The van der Waals surface area contributed by atoms with Crippen molar-refractivity contribution in [3.63, 3.8) is 0 Å². The highest BCUT2D eigenvalue weighted by Crippen LogP contribution is 2.17. The molecule has 15 heavy (non-hydrogen) atoms. The number of nitrogens with two attached hydrogens (primary N) is 1. The maximum atomic E-state index is 11.7. The number of piperidine rings is 1. The summed E-state index contributed by atoms with van der Waals surface area (Å²) in [5.74, 6) is 0.704. The van der Waals surface area contributed by atoms with Crippen LogP contribution in [0.5, 0.6) is 0 Å². The van der Waals surface area contributed by atoms with Crippen molar-refractivity contribution in [1.29, 1.82) is 0 Å². The van der Waals surface area contributed by atoms with E-state index in [1.807, 2.05) is 4.90 Å². The van der Waals surface area contributed by atoms with Gasteiger partial charge in [0.25, 0.3) is 0 Å². The van der Waals surface area contributed by atoms with Crippen molar-refractivity contribution in [2.75, 3.05) is 33.7 Å². The second-order valence-corrected chi connectivity index (χ2v) is 4.84. The first kappa shape index (κ1) is 12.5. The molecule has 1 rings (SSSR count). The minimum atomic E-state index is -0.358. The summed E-state index contributed by atoms with van der Waals surface area (Å²) >= 11 is 0. The Kier molecular flexibility index (Phi) is 4.54. The lowest BCUT2D eigenvalue weighted by Gasteiger charge is -2.34. The van der Waals surface area contributed by atoms with Crippen LogP contribution in [0.25, 0.3) is 0 Å². The van der Waals surface area contributed by atoms with Crippen LogP contribution in [0.3, 0.4) is 0 Å². The van der Waals surface area contributed by atoms with E-state index in [0.717, 1.165) is 26.1 Å². The average Bonchev–Trinajstić information content (AvgIpc) is 2.16. The number of hydrogen-bond acceptors (Lipinski definition) is 3. The molecule has 1 saturated heterocycles. The third-order valence-electron chi connectivity index (χ3n) is 2.84. The molecule has 0 aromatic rings. The highest BCUT2D eigenvalue weighted by molar-refractivity contribution is 5.81. The van der Waals surface area contributed by atoms with Gasteiger partial charge in [-0.1, -0.05) is 0 Å². The van der Waals surface area contributed by atoms with E-state index in [1.165, 1.54) is 6.42 Å². The molecule has 4 heteroatoms. The fourth-order valence-electron chi connectivity index (χ4n) is 2.22. The van der Waals surface area contributed by atoms with Crippen LogP contribution in [-0.2, 0) is 4.79 Å². The van der Waals surface area contributed by atoms with E-state index in [4.69, 9.17) is 5.73 Å². The van der Waals surface area contributed by atoms with Crippen LogP contribution >= 0.6 is 0 Å². The largest absolute Gasteiger partial charge is 0.341 e. The molecular formula is C11H23N3O. The van der Waals surface area contributed by atoms with Gasteiger partial charge in [0.1, 0.15) is 0 Å². The van der Waals surface area contributed by atoms with E-state index in [0.29, 0.717) is 5.92 Å². The molecule has 88 valence electrons. The van der Waals surface area contributed by atoms with E-state index in [9.17, 15) is 4.79 Å². The minimum absolute atomic E-state index is 0.0958. The number of likely N-dealkylation sites (tertiary alicyclic amines) is 1. The molecule has 0 aliphatic carbocycles.